The van der Waals surface area contributed by atoms with Crippen molar-refractivity contribution in [3.8, 4) is 0 Å². The van der Waals surface area contributed by atoms with Crippen LogP contribution >= 0.6 is 7.14 Å². The molecule has 6 rings (SSSR count). The Labute approximate surface area is 238 Å². The van der Waals surface area contributed by atoms with Crippen molar-refractivity contribution in [1.29, 1.82) is 0 Å². The second-order valence-corrected chi connectivity index (χ2v) is 14.0. The zero-order valence-corrected chi connectivity index (χ0v) is 24.3. The van der Waals surface area contributed by atoms with E-state index >= 15 is 0 Å². The van der Waals surface area contributed by atoms with Gasteiger partial charge in [0, 0.05) is 55.7 Å². The van der Waals surface area contributed by atoms with Crippen LogP contribution in [0.4, 0.5) is 16.0 Å². The molecule has 0 unspecified atom stereocenters. The van der Waals surface area contributed by atoms with Gasteiger partial charge in [0.2, 0.25) is 5.95 Å². The number of imidazole rings is 1. The highest BCUT2D eigenvalue weighted by atomic mass is 31.2. The van der Waals surface area contributed by atoms with Crippen LogP contribution in [-0.4, -0.2) is 51.4 Å². The fraction of sp³-hybridized carbons (Fsp3) is 0.250. The number of anilines is 2. The summed E-state index contributed by atoms with van der Waals surface area (Å²) >= 11 is 0. The molecule has 2 N–H and O–H groups in total. The Bertz CT molecular complexity index is 1900. The molecule has 3 aromatic carbocycles. The molecule has 1 fully saturated rings. The van der Waals surface area contributed by atoms with Gasteiger partial charge in [-0.2, -0.15) is 0 Å². The number of halogens is 1. The molecule has 0 saturated carbocycles. The van der Waals surface area contributed by atoms with Gasteiger partial charge in [0.05, 0.1) is 16.4 Å². The Balaban J connectivity index is 1.23. The van der Waals surface area contributed by atoms with Gasteiger partial charge in [-0.05, 0) is 60.7 Å². The van der Waals surface area contributed by atoms with Gasteiger partial charge >= 0.3 is 0 Å². The van der Waals surface area contributed by atoms with Crippen molar-refractivity contribution >= 4 is 52.0 Å². The van der Waals surface area contributed by atoms with Crippen molar-refractivity contribution in [3.63, 3.8) is 0 Å². The van der Waals surface area contributed by atoms with Crippen LogP contribution < -0.4 is 16.2 Å². The summed E-state index contributed by atoms with van der Waals surface area (Å²) in [4.78, 5) is 23.5. The maximum absolute atomic E-state index is 13.6. The molecule has 2 aromatic heterocycles. The summed E-state index contributed by atoms with van der Waals surface area (Å²) in [6.45, 7) is 6.15. The van der Waals surface area contributed by atoms with Gasteiger partial charge < -0.3 is 19.4 Å². The fourth-order valence-electron chi connectivity index (χ4n) is 5.73. The third kappa shape index (κ3) is 5.14. The molecule has 3 heterocycles. The molecule has 7 nitrogen and oxygen atoms in total. The molecule has 0 radical (unpaired) electrons. The molecular formula is C32H33FN5O2P. The first kappa shape index (κ1) is 27.2. The van der Waals surface area contributed by atoms with Crippen LogP contribution in [0.3, 0.4) is 0 Å². The number of hydrogen-bond donors (Lipinski definition) is 2. The van der Waals surface area contributed by atoms with Crippen LogP contribution in [0.2, 0.25) is 0 Å². The minimum atomic E-state index is -2.32. The number of nitrogens with zero attached hydrogens (tertiary/aromatic N) is 3. The summed E-state index contributed by atoms with van der Waals surface area (Å²) in [7, 11) is -0.453. The normalized spacial score (nSPS) is 15.7. The zero-order valence-electron chi connectivity index (χ0n) is 23.4. The van der Waals surface area contributed by atoms with Crippen LogP contribution in [0.5, 0.6) is 0 Å². The van der Waals surface area contributed by atoms with Crippen LogP contribution in [-0.2, 0) is 11.6 Å². The van der Waals surface area contributed by atoms with Gasteiger partial charge in [-0.1, -0.05) is 42.5 Å². The molecule has 210 valence electrons. The minimum Gasteiger partial charge on any atom is -0.325 e. The monoisotopic (exact) mass is 569 g/mol. The highest BCUT2D eigenvalue weighted by molar-refractivity contribution is 7.71. The third-order valence-electron chi connectivity index (χ3n) is 8.18. The number of aromatic nitrogens is 3. The second kappa shape index (κ2) is 10.8. The van der Waals surface area contributed by atoms with Crippen molar-refractivity contribution < 1.29 is 8.96 Å². The number of benzene rings is 3. The maximum Gasteiger partial charge on any atom is 0.258 e. The number of pyridine rings is 1. The number of rotatable bonds is 6. The third-order valence-corrected chi connectivity index (χ3v) is 11.3. The van der Waals surface area contributed by atoms with Gasteiger partial charge in [-0.3, -0.25) is 9.69 Å². The highest BCUT2D eigenvalue weighted by Gasteiger charge is 2.29. The van der Waals surface area contributed by atoms with E-state index in [0.717, 1.165) is 58.3 Å². The fourth-order valence-corrected chi connectivity index (χ4v) is 8.39. The Morgan fingerprint density at radius 3 is 2.56 bits per heavy atom. The van der Waals surface area contributed by atoms with Crippen LogP contribution in [0.1, 0.15) is 16.8 Å². The largest absolute Gasteiger partial charge is 0.325 e. The highest BCUT2D eigenvalue weighted by Crippen LogP contribution is 2.46. The lowest BCUT2D eigenvalue weighted by atomic mass is 10.0. The molecule has 5 aromatic rings. The van der Waals surface area contributed by atoms with Crippen LogP contribution in [0.25, 0.3) is 27.9 Å². The first-order valence-electron chi connectivity index (χ1n) is 13.8. The van der Waals surface area contributed by atoms with E-state index in [2.05, 4.69) is 21.3 Å². The summed E-state index contributed by atoms with van der Waals surface area (Å²) in [5.74, 6) is 0.280. The Kier molecular flexibility index (Phi) is 7.14. The van der Waals surface area contributed by atoms with Crippen molar-refractivity contribution in [3.05, 3.63) is 99.7 Å². The van der Waals surface area contributed by atoms with E-state index in [1.54, 1.807) is 6.07 Å². The van der Waals surface area contributed by atoms with Gasteiger partial charge in [0.15, 0.2) is 0 Å². The molecule has 0 spiro atoms. The summed E-state index contributed by atoms with van der Waals surface area (Å²) in [5.41, 5.74) is 4.54. The maximum atomic E-state index is 13.6. The van der Waals surface area contributed by atoms with Crippen molar-refractivity contribution in [2.45, 2.75) is 13.8 Å². The van der Waals surface area contributed by atoms with E-state index in [1.807, 2.05) is 74.0 Å². The first-order valence-corrected chi connectivity index (χ1v) is 15.9. The van der Waals surface area contributed by atoms with Crippen LogP contribution in [0.15, 0.2) is 71.5 Å². The summed E-state index contributed by atoms with van der Waals surface area (Å²) in [6, 6.07) is 18.3. The average Bonchev–Trinajstić information content (AvgIpc) is 3.29. The molecule has 0 bridgehead atoms. The van der Waals surface area contributed by atoms with Gasteiger partial charge in [-0.15, -0.1) is 0 Å². The van der Waals surface area contributed by atoms with Gasteiger partial charge in [0.25, 0.3) is 5.56 Å². The predicted molar refractivity (Wildman–Crippen MR) is 167 cm³/mol. The molecule has 1 saturated heterocycles. The van der Waals surface area contributed by atoms with Crippen molar-refractivity contribution in [1.82, 2.24) is 19.4 Å². The minimum absolute atomic E-state index is 0.176. The standard InChI is InChI=1S/C32H33FN5O2P/c1-21-20-23(33)11-13-26(21)35-32-36-28-14-12-25-22(2)27(34-31(39)29(25)30(28)37(32)3)10-7-15-38-16-18-41(40,19-17-38)24-8-5-4-6-9-24/h4-14,20H,15-19H2,1-3H3,(H,34,39)(H,35,36)/b10-7+. The van der Waals surface area contributed by atoms with E-state index in [1.165, 1.54) is 12.1 Å². The van der Waals surface area contributed by atoms with E-state index in [0.29, 0.717) is 29.2 Å². The Morgan fingerprint density at radius 1 is 1.07 bits per heavy atom. The number of aromatic amines is 1. The SMILES string of the molecule is Cc1cc(F)ccc1Nc1nc2ccc3c(C)c(/C=C/CN4CCP(=O)(c5ccccc5)CC4)[nH]c(=O)c3c2n1C. The number of nitrogens with one attached hydrogen (secondary N) is 2. The zero-order chi connectivity index (χ0) is 28.7. The van der Waals surface area contributed by atoms with E-state index < -0.39 is 7.14 Å². The molecule has 9 heteroatoms. The van der Waals surface area contributed by atoms with Crippen molar-refractivity contribution in [2.24, 2.45) is 7.05 Å². The average molecular weight is 570 g/mol. The quantitative estimate of drug-likeness (QED) is 0.248. The molecule has 0 aliphatic carbocycles. The molecular weight excluding hydrogens is 536 g/mol. The lowest BCUT2D eigenvalue weighted by molar-refractivity contribution is 0.328. The van der Waals surface area contributed by atoms with Gasteiger partial charge in [0.1, 0.15) is 13.0 Å². The molecule has 0 amide bonds. The second-order valence-electron chi connectivity index (χ2n) is 10.8. The first-order chi connectivity index (χ1) is 19.7. The van der Waals surface area contributed by atoms with Crippen LogP contribution in [0, 0.1) is 19.7 Å². The van der Waals surface area contributed by atoms with E-state index in [-0.39, 0.29) is 11.4 Å². The molecule has 1 aliphatic heterocycles. The van der Waals surface area contributed by atoms with E-state index in [4.69, 9.17) is 4.98 Å². The summed E-state index contributed by atoms with van der Waals surface area (Å²) in [6.07, 6.45) is 5.42. The number of H-pyrrole nitrogens is 1. The predicted octanol–water partition coefficient (Wildman–Crippen LogP) is 5.93. The van der Waals surface area contributed by atoms with Crippen molar-refractivity contribution in [2.75, 3.05) is 37.3 Å². The lowest BCUT2D eigenvalue weighted by Crippen LogP contribution is -2.37. The number of hydrogen-bond acceptors (Lipinski definition) is 5. The summed E-state index contributed by atoms with van der Waals surface area (Å²) in [5, 5.41) is 5.72. The topological polar surface area (TPSA) is 83.0 Å². The molecule has 0 atom stereocenters. The lowest BCUT2D eigenvalue weighted by Gasteiger charge is -2.31. The molecule has 1 aliphatic rings. The smallest absolute Gasteiger partial charge is 0.258 e. The summed E-state index contributed by atoms with van der Waals surface area (Å²) < 4.78 is 28.9. The Hall–Kier alpha value is -4.00. The van der Waals surface area contributed by atoms with E-state index in [9.17, 15) is 13.8 Å². The number of aryl methyl sites for hydroxylation is 3. The Morgan fingerprint density at radius 2 is 1.83 bits per heavy atom. The number of fused-ring (bicyclic) bond motifs is 3. The molecule has 41 heavy (non-hydrogen) atoms. The van der Waals surface area contributed by atoms with Gasteiger partial charge in [-0.25, -0.2) is 9.37 Å².